The number of anilines is 1. The van der Waals surface area contributed by atoms with Crippen LogP contribution in [0.2, 0.25) is 0 Å². The van der Waals surface area contributed by atoms with Gasteiger partial charge in [-0.25, -0.2) is 8.42 Å². The smallest absolute Gasteiger partial charge is 0.243 e. The van der Waals surface area contributed by atoms with Crippen molar-refractivity contribution in [2.24, 2.45) is 0 Å². The second-order valence-electron chi connectivity index (χ2n) is 6.26. The first kappa shape index (κ1) is 16.2. The molecule has 1 atom stereocenters. The minimum Gasteiger partial charge on any atom is -0.454 e. The van der Waals surface area contributed by atoms with Crippen molar-refractivity contribution in [1.82, 2.24) is 4.31 Å². The monoisotopic (exact) mass is 360 g/mol. The van der Waals surface area contributed by atoms with Gasteiger partial charge in [-0.05, 0) is 31.2 Å². The van der Waals surface area contributed by atoms with E-state index in [1.54, 1.807) is 22.5 Å². The number of ether oxygens (including phenoxy) is 2. The van der Waals surface area contributed by atoms with E-state index in [-0.39, 0.29) is 17.7 Å². The number of hydrogen-bond donors (Lipinski definition) is 0. The molecule has 0 bridgehead atoms. The van der Waals surface area contributed by atoms with Crippen molar-refractivity contribution in [3.8, 4) is 11.5 Å². The summed E-state index contributed by atoms with van der Waals surface area (Å²) in [6.45, 7) is 3.75. The Balaban J connectivity index is 1.55. The summed E-state index contributed by atoms with van der Waals surface area (Å²) in [4.78, 5) is 2.49. The van der Waals surface area contributed by atoms with Gasteiger partial charge < -0.3 is 14.4 Å². The molecule has 1 unspecified atom stereocenters. The van der Waals surface area contributed by atoms with Crippen LogP contribution in [-0.4, -0.2) is 45.2 Å². The van der Waals surface area contributed by atoms with Gasteiger partial charge in [-0.2, -0.15) is 4.31 Å². The number of fused-ring (bicyclic) bond motifs is 1. The van der Waals surface area contributed by atoms with Gasteiger partial charge in [0, 0.05) is 37.4 Å². The Morgan fingerprint density at radius 1 is 1.00 bits per heavy atom. The van der Waals surface area contributed by atoms with E-state index >= 15 is 0 Å². The Bertz CT molecular complexity index is 870. The summed E-state index contributed by atoms with van der Waals surface area (Å²) in [7, 11) is -3.55. The van der Waals surface area contributed by atoms with Gasteiger partial charge in [0.25, 0.3) is 0 Å². The van der Waals surface area contributed by atoms with Gasteiger partial charge in [-0.3, -0.25) is 0 Å². The van der Waals surface area contributed by atoms with Crippen LogP contribution in [-0.2, 0) is 10.0 Å². The number of hydrogen-bond acceptors (Lipinski definition) is 5. The maximum absolute atomic E-state index is 13.0. The molecule has 132 valence electrons. The van der Waals surface area contributed by atoms with Gasteiger partial charge in [0.05, 0.1) is 4.90 Å². The molecular formula is C18H20N2O4S. The van der Waals surface area contributed by atoms with Gasteiger partial charge in [0.15, 0.2) is 11.5 Å². The van der Waals surface area contributed by atoms with Crippen molar-refractivity contribution < 1.29 is 17.9 Å². The van der Waals surface area contributed by atoms with E-state index in [2.05, 4.69) is 17.0 Å². The first-order valence-electron chi connectivity index (χ1n) is 8.27. The molecule has 0 saturated carbocycles. The van der Waals surface area contributed by atoms with E-state index in [4.69, 9.17) is 9.47 Å². The maximum Gasteiger partial charge on any atom is 0.243 e. The molecule has 1 saturated heterocycles. The zero-order valence-electron chi connectivity index (χ0n) is 14.0. The van der Waals surface area contributed by atoms with E-state index in [1.807, 2.05) is 25.1 Å². The first-order chi connectivity index (χ1) is 12.1. The molecule has 2 aliphatic heterocycles. The lowest BCUT2D eigenvalue weighted by molar-refractivity contribution is 0.174. The Labute approximate surface area is 147 Å². The van der Waals surface area contributed by atoms with Crippen molar-refractivity contribution in [1.29, 1.82) is 0 Å². The average molecular weight is 360 g/mol. The standard InChI is InChI=1S/C18H20N2O4S/c1-14-12-19(9-10-20(14)15-5-3-2-4-6-15)25(21,22)16-7-8-17-18(11-16)24-13-23-17/h2-8,11,14H,9-10,12-13H2,1H3. The fourth-order valence-electron chi connectivity index (χ4n) is 3.33. The lowest BCUT2D eigenvalue weighted by atomic mass is 10.2. The highest BCUT2D eigenvalue weighted by Crippen LogP contribution is 2.35. The number of piperazine rings is 1. The van der Waals surface area contributed by atoms with Crippen molar-refractivity contribution in [3.05, 3.63) is 48.5 Å². The normalized spacial score (nSPS) is 20.7. The predicted octanol–water partition coefficient (Wildman–Crippen LogP) is 2.31. The molecule has 0 radical (unpaired) electrons. The summed E-state index contributed by atoms with van der Waals surface area (Å²) in [6.07, 6.45) is 0. The molecule has 2 aliphatic rings. The van der Waals surface area contributed by atoms with Crippen LogP contribution >= 0.6 is 0 Å². The zero-order chi connectivity index (χ0) is 17.4. The minimum absolute atomic E-state index is 0.0972. The highest BCUT2D eigenvalue weighted by atomic mass is 32.2. The molecule has 25 heavy (non-hydrogen) atoms. The number of nitrogens with zero attached hydrogens (tertiary/aromatic N) is 2. The third-order valence-electron chi connectivity index (χ3n) is 4.66. The molecule has 2 aromatic rings. The average Bonchev–Trinajstić information content (AvgIpc) is 3.10. The third-order valence-corrected chi connectivity index (χ3v) is 6.52. The van der Waals surface area contributed by atoms with E-state index in [0.717, 1.165) is 5.69 Å². The van der Waals surface area contributed by atoms with E-state index < -0.39 is 10.0 Å². The van der Waals surface area contributed by atoms with Crippen molar-refractivity contribution in [2.75, 3.05) is 31.3 Å². The molecule has 7 heteroatoms. The van der Waals surface area contributed by atoms with Gasteiger partial charge in [0.1, 0.15) is 0 Å². The third kappa shape index (κ3) is 2.94. The summed E-state index contributed by atoms with van der Waals surface area (Å²) < 4.78 is 38.1. The van der Waals surface area contributed by atoms with Crippen molar-refractivity contribution >= 4 is 15.7 Å². The topological polar surface area (TPSA) is 59.1 Å². The quantitative estimate of drug-likeness (QED) is 0.841. The molecule has 1 fully saturated rings. The fraction of sp³-hybridized carbons (Fsp3) is 0.333. The lowest BCUT2D eigenvalue weighted by Crippen LogP contribution is -2.53. The first-order valence-corrected chi connectivity index (χ1v) is 9.71. The highest BCUT2D eigenvalue weighted by molar-refractivity contribution is 7.89. The molecule has 4 rings (SSSR count). The van der Waals surface area contributed by atoms with Crippen molar-refractivity contribution in [2.45, 2.75) is 17.9 Å². The second-order valence-corrected chi connectivity index (χ2v) is 8.19. The Hall–Kier alpha value is -2.25. The van der Waals surface area contributed by atoms with Gasteiger partial charge >= 0.3 is 0 Å². The summed E-state index contributed by atoms with van der Waals surface area (Å²) in [5.74, 6) is 1.07. The SMILES string of the molecule is CC1CN(S(=O)(=O)c2ccc3c(c2)OCO3)CCN1c1ccccc1. The maximum atomic E-state index is 13.0. The summed E-state index contributed by atoms with van der Waals surface area (Å²) in [5.41, 5.74) is 1.12. The fourth-order valence-corrected chi connectivity index (χ4v) is 4.86. The van der Waals surface area contributed by atoms with Crippen molar-refractivity contribution in [3.63, 3.8) is 0 Å². The van der Waals surface area contributed by atoms with E-state index in [0.29, 0.717) is 31.1 Å². The van der Waals surface area contributed by atoms with Crippen LogP contribution in [0.25, 0.3) is 0 Å². The van der Waals surface area contributed by atoms with Crippen LogP contribution in [0.5, 0.6) is 11.5 Å². The predicted molar refractivity (Wildman–Crippen MR) is 94.6 cm³/mol. The lowest BCUT2D eigenvalue weighted by Gasteiger charge is -2.40. The molecule has 0 aromatic heterocycles. The molecule has 0 aliphatic carbocycles. The number of benzene rings is 2. The van der Waals surface area contributed by atoms with E-state index in [9.17, 15) is 8.42 Å². The molecular weight excluding hydrogens is 340 g/mol. The van der Waals surface area contributed by atoms with Gasteiger partial charge in [-0.1, -0.05) is 18.2 Å². The second kappa shape index (κ2) is 6.24. The molecule has 0 amide bonds. The zero-order valence-corrected chi connectivity index (χ0v) is 14.8. The Kier molecular flexibility index (Phi) is 4.05. The molecule has 0 N–H and O–H groups in total. The minimum atomic E-state index is -3.55. The summed E-state index contributed by atoms with van der Waals surface area (Å²) in [6, 6.07) is 15.0. The largest absolute Gasteiger partial charge is 0.454 e. The highest BCUT2D eigenvalue weighted by Gasteiger charge is 2.33. The van der Waals surface area contributed by atoms with Crippen LogP contribution in [0.4, 0.5) is 5.69 Å². The molecule has 2 aromatic carbocycles. The van der Waals surface area contributed by atoms with E-state index in [1.165, 1.54) is 0 Å². The Morgan fingerprint density at radius 3 is 2.52 bits per heavy atom. The van der Waals surface area contributed by atoms with Crippen LogP contribution in [0.15, 0.2) is 53.4 Å². The summed E-state index contributed by atoms with van der Waals surface area (Å²) >= 11 is 0. The molecule has 2 heterocycles. The van der Waals surface area contributed by atoms with Gasteiger partial charge in [0.2, 0.25) is 16.8 Å². The van der Waals surface area contributed by atoms with Gasteiger partial charge in [-0.15, -0.1) is 0 Å². The van der Waals surface area contributed by atoms with Crippen LogP contribution in [0, 0.1) is 0 Å². The number of para-hydroxylation sites is 1. The Morgan fingerprint density at radius 2 is 1.76 bits per heavy atom. The molecule has 0 spiro atoms. The van der Waals surface area contributed by atoms with Crippen LogP contribution in [0.1, 0.15) is 6.92 Å². The van der Waals surface area contributed by atoms with Crippen LogP contribution in [0.3, 0.4) is 0 Å². The summed E-state index contributed by atoms with van der Waals surface area (Å²) in [5, 5.41) is 0. The van der Waals surface area contributed by atoms with Crippen LogP contribution < -0.4 is 14.4 Å². The number of rotatable bonds is 3. The number of sulfonamides is 1. The molecule has 6 nitrogen and oxygen atoms in total.